The minimum atomic E-state index is -3.45. The number of carbonyl (C=O) groups is 1. The van der Waals surface area contributed by atoms with Crippen LogP contribution in [0.25, 0.3) is 10.2 Å². The molecule has 2 aromatic heterocycles. The lowest BCUT2D eigenvalue weighted by molar-refractivity contribution is 0.0985. The Morgan fingerprint density at radius 2 is 1.91 bits per heavy atom. The molecular formula is C24H25ClN4O3S2. The van der Waals surface area contributed by atoms with Crippen molar-refractivity contribution in [2.75, 3.05) is 17.2 Å². The summed E-state index contributed by atoms with van der Waals surface area (Å²) in [6, 6.07) is 11.9. The van der Waals surface area contributed by atoms with E-state index >= 15 is 0 Å². The van der Waals surface area contributed by atoms with Crippen molar-refractivity contribution in [2.24, 2.45) is 0 Å². The number of sulfone groups is 1. The van der Waals surface area contributed by atoms with E-state index in [9.17, 15) is 13.2 Å². The molecule has 4 rings (SSSR count). The van der Waals surface area contributed by atoms with Gasteiger partial charge in [-0.05, 0) is 62.7 Å². The maximum atomic E-state index is 13.7. The lowest BCUT2D eigenvalue weighted by Crippen LogP contribution is -2.34. The molecule has 4 aromatic rings. The highest BCUT2D eigenvalue weighted by molar-refractivity contribution is 7.91. The van der Waals surface area contributed by atoms with Gasteiger partial charge in [-0.1, -0.05) is 35.9 Å². The molecule has 0 radical (unpaired) electrons. The summed E-state index contributed by atoms with van der Waals surface area (Å²) < 4.78 is 27.6. The fourth-order valence-corrected chi connectivity index (χ4v) is 5.86. The fraction of sp³-hybridized carbons (Fsp3) is 0.292. The number of aryl methyl sites for hydroxylation is 3. The Morgan fingerprint density at radius 3 is 2.59 bits per heavy atom. The van der Waals surface area contributed by atoms with E-state index in [2.05, 4.69) is 5.10 Å². The first-order chi connectivity index (χ1) is 16.1. The zero-order valence-electron chi connectivity index (χ0n) is 19.4. The van der Waals surface area contributed by atoms with E-state index in [1.54, 1.807) is 24.0 Å². The second kappa shape index (κ2) is 9.48. The minimum absolute atomic E-state index is 0.0375. The quantitative estimate of drug-likeness (QED) is 0.336. The molecule has 0 aliphatic heterocycles. The molecule has 0 fully saturated rings. The first kappa shape index (κ1) is 24.4. The van der Waals surface area contributed by atoms with Crippen molar-refractivity contribution in [3.8, 4) is 0 Å². The van der Waals surface area contributed by atoms with E-state index in [0.717, 1.165) is 27.2 Å². The van der Waals surface area contributed by atoms with Crippen LogP contribution in [0, 0.1) is 20.8 Å². The van der Waals surface area contributed by atoms with Crippen molar-refractivity contribution in [1.82, 2.24) is 14.8 Å². The summed E-state index contributed by atoms with van der Waals surface area (Å²) in [4.78, 5) is 20.2. The van der Waals surface area contributed by atoms with Crippen LogP contribution in [0.3, 0.4) is 0 Å². The number of nitrogens with zero attached hydrogens (tertiary/aromatic N) is 4. The molecule has 0 bridgehead atoms. The lowest BCUT2D eigenvalue weighted by Gasteiger charge is -2.20. The van der Waals surface area contributed by atoms with Gasteiger partial charge in [-0.25, -0.2) is 13.4 Å². The Labute approximate surface area is 207 Å². The van der Waals surface area contributed by atoms with Crippen molar-refractivity contribution < 1.29 is 13.2 Å². The van der Waals surface area contributed by atoms with Gasteiger partial charge in [0.05, 0.1) is 33.1 Å². The molecule has 2 aromatic carbocycles. The average molecular weight is 517 g/mol. The number of benzene rings is 2. The van der Waals surface area contributed by atoms with Crippen LogP contribution < -0.4 is 4.90 Å². The molecule has 0 N–H and O–H groups in total. The topological polar surface area (TPSA) is 85.2 Å². The van der Waals surface area contributed by atoms with Crippen LogP contribution in [0.1, 0.15) is 34.2 Å². The molecule has 0 spiro atoms. The van der Waals surface area contributed by atoms with E-state index in [4.69, 9.17) is 16.6 Å². The normalized spacial score (nSPS) is 11.8. The Hall–Kier alpha value is -2.75. The molecule has 0 aliphatic rings. The number of fused-ring (bicyclic) bond motifs is 1. The largest absolute Gasteiger partial charge is 0.282 e. The third-order valence-electron chi connectivity index (χ3n) is 5.67. The molecule has 0 unspecified atom stereocenters. The first-order valence-electron chi connectivity index (χ1n) is 10.8. The monoisotopic (exact) mass is 516 g/mol. The van der Waals surface area contributed by atoms with E-state index in [1.807, 2.05) is 43.7 Å². The number of rotatable bonds is 7. The van der Waals surface area contributed by atoms with Crippen LogP contribution in [0.2, 0.25) is 5.02 Å². The Morgan fingerprint density at radius 1 is 1.15 bits per heavy atom. The van der Waals surface area contributed by atoms with Crippen LogP contribution in [0.5, 0.6) is 0 Å². The van der Waals surface area contributed by atoms with E-state index in [-0.39, 0.29) is 22.1 Å². The van der Waals surface area contributed by atoms with Crippen molar-refractivity contribution in [3.63, 3.8) is 0 Å². The second-order valence-corrected chi connectivity index (χ2v) is 11.7. The SMILES string of the molecule is CCS(=O)(=O)c1cccc(C(=O)N(CCn2nc(C)cc2C)c2nc3c(C)c(Cl)ccc3s2)c1. The van der Waals surface area contributed by atoms with Gasteiger partial charge in [-0.3, -0.25) is 14.4 Å². The van der Waals surface area contributed by atoms with Gasteiger partial charge in [-0.15, -0.1) is 0 Å². The van der Waals surface area contributed by atoms with Gasteiger partial charge in [0, 0.05) is 22.8 Å². The van der Waals surface area contributed by atoms with E-state index < -0.39 is 9.84 Å². The Bertz CT molecular complexity index is 1490. The third-order valence-corrected chi connectivity index (χ3v) is 8.86. The highest BCUT2D eigenvalue weighted by atomic mass is 35.5. The number of hydrogen-bond acceptors (Lipinski definition) is 6. The van der Waals surface area contributed by atoms with Crippen molar-refractivity contribution >= 4 is 54.0 Å². The van der Waals surface area contributed by atoms with Gasteiger partial charge in [0.25, 0.3) is 5.91 Å². The van der Waals surface area contributed by atoms with E-state index in [0.29, 0.717) is 23.2 Å². The van der Waals surface area contributed by atoms with Crippen molar-refractivity contribution in [3.05, 3.63) is 70.0 Å². The molecule has 34 heavy (non-hydrogen) atoms. The number of amides is 1. The Kier molecular flexibility index (Phi) is 6.80. The maximum Gasteiger partial charge on any atom is 0.260 e. The average Bonchev–Trinajstić information content (AvgIpc) is 3.39. The molecule has 10 heteroatoms. The van der Waals surface area contributed by atoms with Crippen LogP contribution >= 0.6 is 22.9 Å². The molecule has 0 atom stereocenters. The third kappa shape index (κ3) is 4.73. The Balaban J connectivity index is 1.76. The first-order valence-corrected chi connectivity index (χ1v) is 13.7. The van der Waals surface area contributed by atoms with Gasteiger partial charge in [0.15, 0.2) is 15.0 Å². The molecule has 2 heterocycles. The van der Waals surface area contributed by atoms with Gasteiger partial charge in [0.2, 0.25) is 0 Å². The van der Waals surface area contributed by atoms with Crippen LogP contribution in [0.4, 0.5) is 5.13 Å². The van der Waals surface area contributed by atoms with Gasteiger partial charge in [-0.2, -0.15) is 5.10 Å². The summed E-state index contributed by atoms with van der Waals surface area (Å²) in [6.45, 7) is 8.15. The maximum absolute atomic E-state index is 13.7. The molecule has 0 saturated carbocycles. The molecule has 0 aliphatic carbocycles. The number of carbonyl (C=O) groups excluding carboxylic acids is 1. The molecule has 7 nitrogen and oxygen atoms in total. The molecular weight excluding hydrogens is 492 g/mol. The minimum Gasteiger partial charge on any atom is -0.282 e. The van der Waals surface area contributed by atoms with Crippen LogP contribution in [-0.2, 0) is 16.4 Å². The zero-order valence-corrected chi connectivity index (χ0v) is 21.8. The summed E-state index contributed by atoms with van der Waals surface area (Å²) >= 11 is 7.68. The van der Waals surface area contributed by atoms with E-state index in [1.165, 1.54) is 23.5 Å². The molecule has 0 saturated heterocycles. The standard InChI is InChI=1S/C24H25ClN4O3S2/c1-5-34(31,32)19-8-6-7-18(14-19)23(30)28(11-12-29-16(3)13-15(2)27-29)24-26-22-17(4)20(25)9-10-21(22)33-24/h6-10,13-14H,5,11-12H2,1-4H3. The highest BCUT2D eigenvalue weighted by Gasteiger charge is 2.24. The molecule has 1 amide bonds. The number of halogens is 1. The van der Waals surface area contributed by atoms with Gasteiger partial charge in [0.1, 0.15) is 0 Å². The smallest absolute Gasteiger partial charge is 0.260 e. The van der Waals surface area contributed by atoms with Crippen LogP contribution in [0.15, 0.2) is 47.4 Å². The number of anilines is 1. The fourth-order valence-electron chi connectivity index (χ4n) is 3.73. The van der Waals surface area contributed by atoms with Gasteiger partial charge >= 0.3 is 0 Å². The highest BCUT2D eigenvalue weighted by Crippen LogP contribution is 2.34. The zero-order chi connectivity index (χ0) is 24.6. The van der Waals surface area contributed by atoms with Crippen molar-refractivity contribution in [2.45, 2.75) is 39.1 Å². The number of hydrogen-bond donors (Lipinski definition) is 0. The molecule has 178 valence electrons. The van der Waals surface area contributed by atoms with Gasteiger partial charge < -0.3 is 0 Å². The second-order valence-electron chi connectivity index (χ2n) is 8.05. The summed E-state index contributed by atoms with van der Waals surface area (Å²) in [5, 5.41) is 5.64. The van der Waals surface area contributed by atoms with Crippen molar-refractivity contribution in [1.29, 1.82) is 0 Å². The summed E-state index contributed by atoms with van der Waals surface area (Å²) in [6.07, 6.45) is 0. The summed E-state index contributed by atoms with van der Waals surface area (Å²) in [5.74, 6) is -0.359. The number of thiazole rings is 1. The summed E-state index contributed by atoms with van der Waals surface area (Å²) in [5.41, 5.74) is 3.78. The number of aromatic nitrogens is 3. The lowest BCUT2D eigenvalue weighted by atomic mass is 10.2. The van der Waals surface area contributed by atoms with Crippen LogP contribution in [-0.4, -0.2) is 41.4 Å². The summed E-state index contributed by atoms with van der Waals surface area (Å²) in [7, 11) is -3.45. The predicted octanol–water partition coefficient (Wildman–Crippen LogP) is 5.21. The predicted molar refractivity (Wildman–Crippen MR) is 137 cm³/mol.